The van der Waals surface area contributed by atoms with E-state index in [0.29, 0.717) is 0 Å². The van der Waals surface area contributed by atoms with Gasteiger partial charge < -0.3 is 0 Å². The molecule has 0 bridgehead atoms. The minimum absolute atomic E-state index is 0.00722. The number of benzene rings is 2. The summed E-state index contributed by atoms with van der Waals surface area (Å²) in [4.78, 5) is 0. The number of thiocarbonyl (C=S) groups is 2. The van der Waals surface area contributed by atoms with Gasteiger partial charge in [0.15, 0.2) is 0 Å². The molecule has 0 spiro atoms. The van der Waals surface area contributed by atoms with Crippen molar-refractivity contribution in [2.75, 3.05) is 0 Å². The van der Waals surface area contributed by atoms with Crippen LogP contribution in [0.5, 0.6) is 0 Å². The van der Waals surface area contributed by atoms with Crippen LogP contribution in [0.1, 0.15) is 169 Å². The summed E-state index contributed by atoms with van der Waals surface area (Å²) in [7, 11) is 3.87. The summed E-state index contributed by atoms with van der Waals surface area (Å²) in [6.07, 6.45) is 0. The Hall–Kier alpha value is 0.119. The standard InChI is InChI=1S/2C19H30S2.Sn/c2*1-17(2,3)12-10-13(18(4,5)6)15(16(20)21)14(11-12)19(7,8)9;/h2*10-11H,1-9H3,(H,20,21);/q;;+2/p-2. The van der Waals surface area contributed by atoms with E-state index in [1.807, 2.05) is 17.9 Å². The van der Waals surface area contributed by atoms with Crippen molar-refractivity contribution in [1.29, 1.82) is 0 Å². The first-order valence-corrected chi connectivity index (χ1v) is 25.0. The van der Waals surface area contributed by atoms with Crippen molar-refractivity contribution in [2.24, 2.45) is 0 Å². The maximum atomic E-state index is 6.32. The first kappa shape index (κ1) is 39.3. The van der Waals surface area contributed by atoms with E-state index in [9.17, 15) is 0 Å². The first-order valence-electron chi connectivity index (χ1n) is 15.5. The molecule has 0 saturated carbocycles. The molecule has 2 aromatic carbocycles. The van der Waals surface area contributed by atoms with Crippen LogP contribution in [0.4, 0.5) is 0 Å². The second-order valence-corrected chi connectivity index (χ2v) is 29.3. The van der Waals surface area contributed by atoms with Crippen LogP contribution < -0.4 is 0 Å². The summed E-state index contributed by atoms with van der Waals surface area (Å²) in [5.74, 6) is 0. The minimum atomic E-state index is -1.08. The average molecular weight is 762 g/mol. The number of hydrogen-bond donors (Lipinski definition) is 0. The fourth-order valence-corrected chi connectivity index (χ4v) is 17.8. The quantitative estimate of drug-likeness (QED) is 0.225. The molecule has 0 amide bonds. The molecule has 2 aromatic rings. The Morgan fingerprint density at radius 3 is 0.791 bits per heavy atom. The SMILES string of the molecule is CC(C)(C)c1cc(C(C)(C)C)c(C(=S)[S][Sn][S]C(=S)c2c(C(C)(C)C)cc(C(C)(C)C)cc2C(C)(C)C)c(C(C)(C)C)c1. The Labute approximate surface area is 292 Å². The fraction of sp³-hybridized carbons (Fsp3) is 0.632. The van der Waals surface area contributed by atoms with Gasteiger partial charge in [0, 0.05) is 0 Å². The second-order valence-electron chi connectivity index (χ2n) is 18.3. The molecule has 2 rings (SSSR count). The zero-order valence-corrected chi connectivity index (χ0v) is 36.6. The Kier molecular flexibility index (Phi) is 12.2. The molecular formula is C38H58S4Sn. The fourth-order valence-electron chi connectivity index (χ4n) is 5.15. The van der Waals surface area contributed by atoms with E-state index in [-0.39, 0.29) is 32.5 Å². The van der Waals surface area contributed by atoms with Crippen LogP contribution in [-0.4, -0.2) is 26.8 Å². The molecule has 0 heterocycles. The van der Waals surface area contributed by atoms with E-state index in [1.165, 1.54) is 44.5 Å². The van der Waals surface area contributed by atoms with Gasteiger partial charge in [-0.05, 0) is 0 Å². The van der Waals surface area contributed by atoms with Crippen LogP contribution in [0.25, 0.3) is 0 Å². The van der Waals surface area contributed by atoms with E-state index >= 15 is 0 Å². The first-order chi connectivity index (χ1) is 19.0. The van der Waals surface area contributed by atoms with Crippen molar-refractivity contribution >= 4 is 69.1 Å². The van der Waals surface area contributed by atoms with Gasteiger partial charge in [0.25, 0.3) is 0 Å². The van der Waals surface area contributed by atoms with Crippen LogP contribution in [0, 0.1) is 0 Å². The predicted octanol–water partition coefficient (Wildman–Crippen LogP) is 12.5. The Morgan fingerprint density at radius 2 is 0.628 bits per heavy atom. The van der Waals surface area contributed by atoms with Gasteiger partial charge in [0.05, 0.1) is 0 Å². The molecule has 0 fully saturated rings. The molecule has 2 radical (unpaired) electrons. The third kappa shape index (κ3) is 10.1. The molecule has 0 aromatic heterocycles. The monoisotopic (exact) mass is 762 g/mol. The summed E-state index contributed by atoms with van der Waals surface area (Å²) in [5, 5.41) is 0. The summed E-state index contributed by atoms with van der Waals surface area (Å²) >= 11 is 11.6. The van der Waals surface area contributed by atoms with Gasteiger partial charge in [-0.1, -0.05) is 0 Å². The van der Waals surface area contributed by atoms with E-state index in [0.717, 1.165) is 8.39 Å². The molecule has 43 heavy (non-hydrogen) atoms. The van der Waals surface area contributed by atoms with Crippen molar-refractivity contribution in [2.45, 2.75) is 157 Å². The molecular weight excluding hydrogens is 703 g/mol. The Bertz CT molecular complexity index is 1180. The van der Waals surface area contributed by atoms with Crippen molar-refractivity contribution in [3.8, 4) is 0 Å². The van der Waals surface area contributed by atoms with Gasteiger partial charge in [0.1, 0.15) is 0 Å². The summed E-state index contributed by atoms with van der Waals surface area (Å²) in [5.41, 5.74) is 11.0. The summed E-state index contributed by atoms with van der Waals surface area (Å²) < 4.78 is 2.10. The predicted molar refractivity (Wildman–Crippen MR) is 209 cm³/mol. The van der Waals surface area contributed by atoms with E-state index in [4.69, 9.17) is 24.4 Å². The normalized spacial score (nSPS) is 13.8. The van der Waals surface area contributed by atoms with E-state index < -0.39 is 18.4 Å². The van der Waals surface area contributed by atoms with Crippen LogP contribution in [0.2, 0.25) is 0 Å². The number of hydrogen-bond acceptors (Lipinski definition) is 4. The molecule has 0 unspecified atom stereocenters. The van der Waals surface area contributed by atoms with Gasteiger partial charge in [-0.3, -0.25) is 0 Å². The zero-order valence-electron chi connectivity index (χ0n) is 30.4. The van der Waals surface area contributed by atoms with Crippen LogP contribution >= 0.6 is 42.3 Å². The van der Waals surface area contributed by atoms with Crippen molar-refractivity contribution in [1.82, 2.24) is 0 Å². The van der Waals surface area contributed by atoms with Gasteiger partial charge >= 0.3 is 295 Å². The van der Waals surface area contributed by atoms with Gasteiger partial charge in [-0.15, -0.1) is 0 Å². The van der Waals surface area contributed by atoms with Crippen molar-refractivity contribution in [3.63, 3.8) is 0 Å². The third-order valence-electron chi connectivity index (χ3n) is 7.92. The van der Waals surface area contributed by atoms with Crippen LogP contribution in [0.3, 0.4) is 0 Å². The van der Waals surface area contributed by atoms with Crippen LogP contribution in [-0.2, 0) is 32.5 Å². The third-order valence-corrected chi connectivity index (χ3v) is 20.6. The summed E-state index contributed by atoms with van der Waals surface area (Å²) in [6.45, 7) is 41.8. The zero-order chi connectivity index (χ0) is 33.7. The van der Waals surface area contributed by atoms with Crippen molar-refractivity contribution in [3.05, 3.63) is 68.8 Å². The molecule has 0 aliphatic carbocycles. The molecule has 0 aliphatic heterocycles. The molecule has 0 N–H and O–H groups in total. The van der Waals surface area contributed by atoms with Crippen LogP contribution in [0.15, 0.2) is 24.3 Å². The van der Waals surface area contributed by atoms with Gasteiger partial charge in [-0.2, -0.15) is 0 Å². The van der Waals surface area contributed by atoms with Gasteiger partial charge in [0.2, 0.25) is 0 Å². The molecule has 0 nitrogen and oxygen atoms in total. The average Bonchev–Trinajstić information content (AvgIpc) is 2.78. The Balaban J connectivity index is 2.59. The molecule has 0 atom stereocenters. The maximum absolute atomic E-state index is 6.32. The second kappa shape index (κ2) is 13.3. The summed E-state index contributed by atoms with van der Waals surface area (Å²) in [6, 6.07) is 9.73. The Morgan fingerprint density at radius 1 is 0.419 bits per heavy atom. The molecule has 238 valence electrons. The van der Waals surface area contributed by atoms with E-state index in [1.54, 1.807) is 0 Å². The molecule has 0 saturated heterocycles. The molecule has 0 aliphatic rings. The van der Waals surface area contributed by atoms with Gasteiger partial charge in [-0.25, -0.2) is 0 Å². The molecule has 5 heteroatoms. The number of rotatable bonds is 4. The topological polar surface area (TPSA) is 0 Å². The van der Waals surface area contributed by atoms with Crippen molar-refractivity contribution < 1.29 is 0 Å². The van der Waals surface area contributed by atoms with E-state index in [2.05, 4.69) is 149 Å².